The van der Waals surface area contributed by atoms with Crippen LogP contribution in [0.15, 0.2) is 48.5 Å². The van der Waals surface area contributed by atoms with Gasteiger partial charge in [0.25, 0.3) is 17.8 Å². The molecule has 1 aliphatic rings. The molecular formula is C28H29F3N6O3. The molecule has 40 heavy (non-hydrogen) atoms. The summed E-state index contributed by atoms with van der Waals surface area (Å²) in [6.45, 7) is 2.57. The van der Waals surface area contributed by atoms with Crippen LogP contribution in [0.2, 0.25) is 0 Å². The second-order valence-corrected chi connectivity index (χ2v) is 9.99. The van der Waals surface area contributed by atoms with Crippen LogP contribution in [0.5, 0.6) is 6.01 Å². The number of ether oxygens (including phenoxy) is 1. The van der Waals surface area contributed by atoms with Crippen LogP contribution >= 0.6 is 0 Å². The molecule has 3 heterocycles. The number of likely N-dealkylation sites (tertiary alicyclic amines) is 1. The fraction of sp³-hybridized carbons (Fsp3) is 0.357. The quantitative estimate of drug-likeness (QED) is 0.402. The number of benzene rings is 2. The Morgan fingerprint density at radius 2 is 1.82 bits per heavy atom. The van der Waals surface area contributed by atoms with Gasteiger partial charge in [0.05, 0.1) is 18.1 Å². The van der Waals surface area contributed by atoms with Crippen LogP contribution < -0.4 is 10.1 Å². The number of aryl methyl sites for hydroxylation is 3. The molecule has 0 saturated carbocycles. The van der Waals surface area contributed by atoms with Crippen molar-refractivity contribution in [2.75, 3.05) is 20.2 Å². The summed E-state index contributed by atoms with van der Waals surface area (Å²) in [5.41, 5.74) is 2.48. The van der Waals surface area contributed by atoms with E-state index in [0.29, 0.717) is 31.1 Å². The molecule has 210 valence electrons. The minimum atomic E-state index is -4.66. The topological polar surface area (TPSA) is 94.3 Å². The van der Waals surface area contributed by atoms with E-state index in [2.05, 4.69) is 15.4 Å². The number of nitrogens with zero attached hydrogens (tertiary/aromatic N) is 5. The van der Waals surface area contributed by atoms with Crippen molar-refractivity contribution in [3.8, 4) is 6.01 Å². The van der Waals surface area contributed by atoms with Crippen LogP contribution in [0.4, 0.5) is 13.2 Å². The lowest BCUT2D eigenvalue weighted by Crippen LogP contribution is -2.51. The molecule has 2 amide bonds. The molecule has 12 heteroatoms. The number of halogens is 3. The molecule has 9 nitrogen and oxygen atoms in total. The summed E-state index contributed by atoms with van der Waals surface area (Å²) in [5.74, 6) is -1.08. The summed E-state index contributed by atoms with van der Waals surface area (Å²) in [4.78, 5) is 33.0. The van der Waals surface area contributed by atoms with Gasteiger partial charge in [-0.2, -0.15) is 23.3 Å². The van der Waals surface area contributed by atoms with Crippen molar-refractivity contribution >= 4 is 22.8 Å². The Kier molecular flexibility index (Phi) is 7.03. The van der Waals surface area contributed by atoms with E-state index in [4.69, 9.17) is 4.74 Å². The first-order valence-corrected chi connectivity index (χ1v) is 12.7. The predicted octanol–water partition coefficient (Wildman–Crippen LogP) is 4.07. The summed E-state index contributed by atoms with van der Waals surface area (Å²) >= 11 is 0. The van der Waals surface area contributed by atoms with Crippen molar-refractivity contribution in [3.63, 3.8) is 0 Å². The highest BCUT2D eigenvalue weighted by atomic mass is 19.4. The minimum absolute atomic E-state index is 0.155. The van der Waals surface area contributed by atoms with Gasteiger partial charge in [-0.15, -0.1) is 0 Å². The second kappa shape index (κ2) is 10.3. The molecule has 2 aromatic heterocycles. The Bertz CT molecular complexity index is 1580. The van der Waals surface area contributed by atoms with Crippen molar-refractivity contribution < 1.29 is 27.5 Å². The molecule has 1 fully saturated rings. The first-order chi connectivity index (χ1) is 19.0. The van der Waals surface area contributed by atoms with E-state index in [9.17, 15) is 22.8 Å². The Hall–Kier alpha value is -4.35. The Morgan fingerprint density at radius 3 is 2.48 bits per heavy atom. The Morgan fingerprint density at radius 1 is 1.10 bits per heavy atom. The van der Waals surface area contributed by atoms with E-state index in [-0.39, 0.29) is 17.5 Å². The number of hydrogen-bond acceptors (Lipinski definition) is 5. The second-order valence-electron chi connectivity index (χ2n) is 9.99. The number of carbonyl (C=O) groups is 2. The van der Waals surface area contributed by atoms with Crippen molar-refractivity contribution in [1.82, 2.24) is 29.5 Å². The van der Waals surface area contributed by atoms with Crippen molar-refractivity contribution in [3.05, 3.63) is 76.6 Å². The van der Waals surface area contributed by atoms with E-state index in [1.165, 1.54) is 7.05 Å². The van der Waals surface area contributed by atoms with Crippen molar-refractivity contribution in [1.29, 1.82) is 0 Å². The van der Waals surface area contributed by atoms with Gasteiger partial charge >= 0.3 is 6.18 Å². The number of piperidine rings is 1. The molecule has 0 bridgehead atoms. The van der Waals surface area contributed by atoms with Crippen molar-refractivity contribution in [2.45, 2.75) is 31.5 Å². The highest BCUT2D eigenvalue weighted by molar-refractivity contribution is 5.98. The van der Waals surface area contributed by atoms with Crippen LogP contribution in [-0.4, -0.2) is 62.3 Å². The molecule has 5 rings (SSSR count). The van der Waals surface area contributed by atoms with E-state index < -0.39 is 23.8 Å². The van der Waals surface area contributed by atoms with Crippen LogP contribution in [0.3, 0.4) is 0 Å². The average molecular weight is 555 g/mol. The van der Waals surface area contributed by atoms with Gasteiger partial charge < -0.3 is 15.0 Å². The number of methoxy groups -OCH3 is 1. The number of carbonyl (C=O) groups excluding carboxylic acids is 2. The van der Waals surface area contributed by atoms with Gasteiger partial charge in [-0.1, -0.05) is 30.3 Å². The van der Waals surface area contributed by atoms with Crippen LogP contribution in [0.25, 0.3) is 11.0 Å². The number of fused-ring (bicyclic) bond motifs is 1. The van der Waals surface area contributed by atoms with Crippen molar-refractivity contribution in [2.24, 2.45) is 14.1 Å². The summed E-state index contributed by atoms with van der Waals surface area (Å²) in [6.07, 6.45) is -4.24. The van der Waals surface area contributed by atoms with Gasteiger partial charge in [-0.25, -0.2) is 0 Å². The lowest BCUT2D eigenvalue weighted by molar-refractivity contribution is -0.141. The monoisotopic (exact) mass is 554 g/mol. The van der Waals surface area contributed by atoms with Crippen LogP contribution in [0.1, 0.15) is 50.0 Å². The van der Waals surface area contributed by atoms with E-state index in [0.717, 1.165) is 32.9 Å². The fourth-order valence-electron chi connectivity index (χ4n) is 5.33. The minimum Gasteiger partial charge on any atom is -0.468 e. The van der Waals surface area contributed by atoms with E-state index >= 15 is 0 Å². The molecule has 0 aliphatic carbocycles. The first-order valence-electron chi connectivity index (χ1n) is 12.7. The standard InChI is InChI=1S/C28H29F3N6O3/c1-16-12-18(13-21-24(16)33-27(40-4)35(21)2)26(39)37-11-10-20(19(15-37)17-8-6-5-7-9-17)32-25(38)22-14-23(28(29,30)31)34-36(22)3/h5-9,12-14,19-20H,10-11,15H2,1-4H3,(H,32,38)/t19-,20-/m1/s1. The summed E-state index contributed by atoms with van der Waals surface area (Å²) in [5, 5.41) is 6.36. The van der Waals surface area contributed by atoms with E-state index in [1.807, 2.05) is 50.4 Å². The molecule has 0 spiro atoms. The maximum absolute atomic E-state index is 13.7. The molecule has 1 N–H and O–H groups in total. The van der Waals surface area contributed by atoms with Gasteiger partial charge in [-0.3, -0.25) is 18.8 Å². The third-order valence-electron chi connectivity index (χ3n) is 7.41. The maximum Gasteiger partial charge on any atom is 0.435 e. The molecule has 0 unspecified atom stereocenters. The predicted molar refractivity (Wildman–Crippen MR) is 141 cm³/mol. The fourth-order valence-corrected chi connectivity index (χ4v) is 5.33. The first kappa shape index (κ1) is 27.2. The SMILES string of the molecule is COc1nc2c(C)cc(C(=O)N3CC[C@@H](NC(=O)c4cc(C(F)(F)F)nn4C)[C@@H](c4ccccc4)C3)cc2n1C. The van der Waals surface area contributed by atoms with Gasteiger partial charge in [0.15, 0.2) is 5.69 Å². The molecular weight excluding hydrogens is 525 g/mol. The zero-order valence-corrected chi connectivity index (χ0v) is 22.5. The highest BCUT2D eigenvalue weighted by Crippen LogP contribution is 2.31. The Balaban J connectivity index is 1.41. The molecule has 4 aromatic rings. The summed E-state index contributed by atoms with van der Waals surface area (Å²) in [6, 6.07) is 13.8. The zero-order chi connectivity index (χ0) is 28.8. The molecule has 2 aromatic carbocycles. The largest absolute Gasteiger partial charge is 0.468 e. The van der Waals surface area contributed by atoms with Crippen LogP contribution in [0, 0.1) is 6.92 Å². The lowest BCUT2D eigenvalue weighted by atomic mass is 9.85. The molecule has 1 aliphatic heterocycles. The maximum atomic E-state index is 13.7. The smallest absolute Gasteiger partial charge is 0.435 e. The van der Waals surface area contributed by atoms with E-state index in [1.54, 1.807) is 22.6 Å². The van der Waals surface area contributed by atoms with Gasteiger partial charge in [0.2, 0.25) is 0 Å². The average Bonchev–Trinajstić information content (AvgIpc) is 3.49. The molecule has 1 saturated heterocycles. The number of nitrogens with one attached hydrogen (secondary N) is 1. The lowest BCUT2D eigenvalue weighted by Gasteiger charge is -2.39. The highest BCUT2D eigenvalue weighted by Gasteiger charge is 2.37. The number of rotatable bonds is 5. The summed E-state index contributed by atoms with van der Waals surface area (Å²) < 4.78 is 47.5. The van der Waals surface area contributed by atoms with Crippen LogP contribution in [-0.2, 0) is 20.3 Å². The Labute approximate surface area is 228 Å². The molecule has 2 atom stereocenters. The van der Waals surface area contributed by atoms with Gasteiger partial charge in [0.1, 0.15) is 5.69 Å². The number of amides is 2. The number of aromatic nitrogens is 4. The van der Waals surface area contributed by atoms with Gasteiger partial charge in [0, 0.05) is 50.8 Å². The third kappa shape index (κ3) is 5.01. The normalized spacial score (nSPS) is 17.7. The van der Waals surface area contributed by atoms with Gasteiger partial charge in [-0.05, 0) is 36.6 Å². The molecule has 0 radical (unpaired) electrons. The summed E-state index contributed by atoms with van der Waals surface area (Å²) in [7, 11) is 4.66. The zero-order valence-electron chi connectivity index (χ0n) is 22.5. The number of hydrogen-bond donors (Lipinski definition) is 1. The number of imidazole rings is 1. The number of alkyl halides is 3. The third-order valence-corrected chi connectivity index (χ3v) is 7.41.